The summed E-state index contributed by atoms with van der Waals surface area (Å²) in [5.74, 6) is -0.151. The molecule has 0 aliphatic carbocycles. The monoisotopic (exact) mass is 289 g/mol. The van der Waals surface area contributed by atoms with E-state index in [4.69, 9.17) is 9.52 Å². The number of hydrogen-bond acceptors (Lipinski definition) is 5. The summed E-state index contributed by atoms with van der Waals surface area (Å²) >= 11 is 0. The molecule has 2 aromatic rings. The largest absolute Gasteiger partial charge is 0.475 e. The van der Waals surface area contributed by atoms with E-state index < -0.39 is 5.97 Å². The van der Waals surface area contributed by atoms with Crippen LogP contribution in [-0.2, 0) is 0 Å². The number of rotatable bonds is 3. The highest BCUT2D eigenvalue weighted by Crippen LogP contribution is 2.29. The first-order valence-electron chi connectivity index (χ1n) is 7.36. The second kappa shape index (κ2) is 5.35. The zero-order chi connectivity index (χ0) is 15.0. The van der Waals surface area contributed by atoms with Crippen molar-refractivity contribution >= 4 is 23.0 Å². The molecule has 0 bridgehead atoms. The van der Waals surface area contributed by atoms with E-state index in [1.165, 1.54) is 12.5 Å². The van der Waals surface area contributed by atoms with Crippen LogP contribution in [0.2, 0.25) is 0 Å². The second-order valence-corrected chi connectivity index (χ2v) is 5.74. The molecule has 2 aromatic heterocycles. The molecule has 21 heavy (non-hydrogen) atoms. The molecule has 1 aliphatic heterocycles. The van der Waals surface area contributed by atoms with E-state index in [9.17, 15) is 4.79 Å². The molecule has 0 radical (unpaired) electrons. The van der Waals surface area contributed by atoms with Crippen molar-refractivity contribution in [1.82, 2.24) is 9.97 Å². The fourth-order valence-electron chi connectivity index (χ4n) is 2.70. The molecular formula is C15H19N3O3. The van der Waals surface area contributed by atoms with Gasteiger partial charge in [-0.3, -0.25) is 0 Å². The number of carboxylic acid groups (broad SMARTS) is 1. The summed E-state index contributed by atoms with van der Waals surface area (Å²) in [6, 6.07) is 1.44. The number of hydrogen-bond donors (Lipinski definition) is 1. The van der Waals surface area contributed by atoms with Crippen LogP contribution < -0.4 is 4.90 Å². The Bertz CT molecular complexity index is 672. The number of fused-ring (bicyclic) bond motifs is 1. The van der Waals surface area contributed by atoms with E-state index in [2.05, 4.69) is 28.7 Å². The maximum atomic E-state index is 11.0. The van der Waals surface area contributed by atoms with Gasteiger partial charge in [0.2, 0.25) is 11.5 Å². The highest BCUT2D eigenvalue weighted by Gasteiger charge is 2.22. The molecule has 0 saturated carbocycles. The van der Waals surface area contributed by atoms with Crippen molar-refractivity contribution in [2.24, 2.45) is 0 Å². The van der Waals surface area contributed by atoms with Gasteiger partial charge in [0.15, 0.2) is 5.82 Å². The van der Waals surface area contributed by atoms with Gasteiger partial charge in [-0.15, -0.1) is 0 Å². The molecule has 6 heteroatoms. The van der Waals surface area contributed by atoms with Gasteiger partial charge in [0.1, 0.15) is 5.52 Å². The van der Waals surface area contributed by atoms with Crippen LogP contribution in [0.25, 0.3) is 11.2 Å². The summed E-state index contributed by atoms with van der Waals surface area (Å²) in [6.07, 6.45) is 3.54. The standard InChI is InChI=1S/C15H19N3O3/c1-9(2)12-13(18-6-4-3-5-7-18)17-14-10(16-12)8-11(21-14)15(19)20/h8-9H,3-7H2,1-2H3,(H,19,20). The van der Waals surface area contributed by atoms with Crippen LogP contribution >= 0.6 is 0 Å². The number of nitrogens with zero attached hydrogens (tertiary/aromatic N) is 3. The molecule has 0 amide bonds. The van der Waals surface area contributed by atoms with Crippen LogP contribution in [-0.4, -0.2) is 34.1 Å². The van der Waals surface area contributed by atoms with Crippen LogP contribution in [0, 0.1) is 0 Å². The molecule has 3 rings (SSSR count). The van der Waals surface area contributed by atoms with Crippen molar-refractivity contribution in [1.29, 1.82) is 0 Å². The normalized spacial score (nSPS) is 15.9. The zero-order valence-electron chi connectivity index (χ0n) is 12.3. The quantitative estimate of drug-likeness (QED) is 0.935. The van der Waals surface area contributed by atoms with Crippen molar-refractivity contribution in [2.45, 2.75) is 39.0 Å². The lowest BCUT2D eigenvalue weighted by Crippen LogP contribution is -2.31. The first-order chi connectivity index (χ1) is 10.1. The molecule has 1 N–H and O–H groups in total. The first kappa shape index (κ1) is 13.9. The van der Waals surface area contributed by atoms with E-state index in [-0.39, 0.29) is 11.7 Å². The second-order valence-electron chi connectivity index (χ2n) is 5.74. The number of carboxylic acids is 1. The van der Waals surface area contributed by atoms with Crippen molar-refractivity contribution in [3.63, 3.8) is 0 Å². The highest BCUT2D eigenvalue weighted by molar-refractivity contribution is 5.89. The molecule has 6 nitrogen and oxygen atoms in total. The van der Waals surface area contributed by atoms with Crippen molar-refractivity contribution in [3.8, 4) is 0 Å². The first-order valence-corrected chi connectivity index (χ1v) is 7.36. The van der Waals surface area contributed by atoms with Crippen LogP contribution in [0.15, 0.2) is 10.5 Å². The minimum Gasteiger partial charge on any atom is -0.475 e. The highest BCUT2D eigenvalue weighted by atomic mass is 16.4. The van der Waals surface area contributed by atoms with Gasteiger partial charge < -0.3 is 14.4 Å². The topological polar surface area (TPSA) is 79.5 Å². The van der Waals surface area contributed by atoms with Gasteiger partial charge in [0.25, 0.3) is 0 Å². The maximum Gasteiger partial charge on any atom is 0.371 e. The predicted molar refractivity (Wildman–Crippen MR) is 78.9 cm³/mol. The Morgan fingerprint density at radius 3 is 2.62 bits per heavy atom. The number of anilines is 1. The fourth-order valence-corrected chi connectivity index (χ4v) is 2.70. The Morgan fingerprint density at radius 2 is 2.00 bits per heavy atom. The molecule has 0 aromatic carbocycles. The fraction of sp³-hybridized carbons (Fsp3) is 0.533. The molecule has 0 unspecified atom stereocenters. The third kappa shape index (κ3) is 2.57. The minimum atomic E-state index is -1.10. The van der Waals surface area contributed by atoms with Gasteiger partial charge >= 0.3 is 5.97 Å². The number of furan rings is 1. The average molecular weight is 289 g/mol. The van der Waals surface area contributed by atoms with Gasteiger partial charge in [0, 0.05) is 19.2 Å². The summed E-state index contributed by atoms with van der Waals surface area (Å²) in [5, 5.41) is 9.02. The molecule has 3 heterocycles. The van der Waals surface area contributed by atoms with Crippen LogP contribution in [0.5, 0.6) is 0 Å². The Kier molecular flexibility index (Phi) is 3.53. The predicted octanol–water partition coefficient (Wildman–Crippen LogP) is 3.03. The maximum absolute atomic E-state index is 11.0. The number of carbonyl (C=O) groups is 1. The van der Waals surface area contributed by atoms with Crippen molar-refractivity contribution < 1.29 is 14.3 Å². The lowest BCUT2D eigenvalue weighted by Gasteiger charge is -2.29. The molecule has 112 valence electrons. The third-order valence-corrected chi connectivity index (χ3v) is 3.78. The molecule has 1 aliphatic rings. The third-order valence-electron chi connectivity index (χ3n) is 3.78. The van der Waals surface area contributed by atoms with Crippen LogP contribution in [0.3, 0.4) is 0 Å². The summed E-state index contributed by atoms with van der Waals surface area (Å²) in [5.41, 5.74) is 1.72. The zero-order valence-corrected chi connectivity index (χ0v) is 12.3. The molecule has 0 atom stereocenters. The average Bonchev–Trinajstić information content (AvgIpc) is 2.90. The van der Waals surface area contributed by atoms with E-state index in [0.29, 0.717) is 11.2 Å². The summed E-state index contributed by atoms with van der Waals surface area (Å²) in [6.45, 7) is 6.07. The van der Waals surface area contributed by atoms with E-state index in [1.807, 2.05) is 0 Å². The van der Waals surface area contributed by atoms with Gasteiger partial charge in [-0.25, -0.2) is 9.78 Å². The Morgan fingerprint density at radius 1 is 1.29 bits per heavy atom. The Balaban J connectivity index is 2.11. The van der Waals surface area contributed by atoms with Crippen LogP contribution in [0.1, 0.15) is 55.3 Å². The van der Waals surface area contributed by atoms with Gasteiger partial charge in [-0.1, -0.05) is 13.8 Å². The van der Waals surface area contributed by atoms with E-state index >= 15 is 0 Å². The van der Waals surface area contributed by atoms with Crippen molar-refractivity contribution in [3.05, 3.63) is 17.5 Å². The van der Waals surface area contributed by atoms with E-state index in [1.54, 1.807) is 0 Å². The lowest BCUT2D eigenvalue weighted by atomic mass is 10.1. The molecule has 1 saturated heterocycles. The Labute approximate surface area is 122 Å². The Hall–Kier alpha value is -2.11. The number of aromatic carboxylic acids is 1. The minimum absolute atomic E-state index is 0.115. The molecule has 0 spiro atoms. The SMILES string of the molecule is CC(C)c1nc2cc(C(=O)O)oc2nc1N1CCCCC1. The summed E-state index contributed by atoms with van der Waals surface area (Å²) < 4.78 is 5.30. The van der Waals surface area contributed by atoms with Gasteiger partial charge in [0.05, 0.1) is 5.69 Å². The van der Waals surface area contributed by atoms with E-state index in [0.717, 1.165) is 37.4 Å². The van der Waals surface area contributed by atoms with Crippen LogP contribution in [0.4, 0.5) is 5.82 Å². The summed E-state index contributed by atoms with van der Waals surface area (Å²) in [4.78, 5) is 22.4. The number of aromatic nitrogens is 2. The van der Waals surface area contributed by atoms with Gasteiger partial charge in [-0.05, 0) is 25.2 Å². The molecule has 1 fully saturated rings. The van der Waals surface area contributed by atoms with Crippen molar-refractivity contribution in [2.75, 3.05) is 18.0 Å². The molecular weight excluding hydrogens is 270 g/mol. The lowest BCUT2D eigenvalue weighted by molar-refractivity contribution is 0.0664. The van der Waals surface area contributed by atoms with Gasteiger partial charge in [-0.2, -0.15) is 4.98 Å². The number of piperidine rings is 1. The smallest absolute Gasteiger partial charge is 0.371 e. The summed E-state index contributed by atoms with van der Waals surface area (Å²) in [7, 11) is 0.